The van der Waals surface area contributed by atoms with Crippen LogP contribution >= 0.6 is 74.2 Å². The quantitative estimate of drug-likeness (QED) is 0.0882. The lowest BCUT2D eigenvalue weighted by Gasteiger charge is -2.10. The van der Waals surface area contributed by atoms with Crippen molar-refractivity contribution in [3.05, 3.63) is 122 Å². The van der Waals surface area contributed by atoms with Crippen molar-refractivity contribution in [2.45, 2.75) is 53.8 Å². The minimum absolute atomic E-state index is 0.106. The average molecular weight is 969 g/mol. The first-order chi connectivity index (χ1) is 29.4. The van der Waals surface area contributed by atoms with Gasteiger partial charge in [-0.15, -0.1) is 22.7 Å². The van der Waals surface area contributed by atoms with E-state index < -0.39 is 17.1 Å². The highest BCUT2D eigenvalue weighted by Crippen LogP contribution is 2.55. The SMILES string of the molecule is Cc1nc(-c2ccc(OC(C)C)cc2)nc2sc3c(=O)[nH]c(=O)[nH]c3c12.Cc1nc(-c2ccc(OC(C)C)cc2)nc2sc3c(Cl)nc(Cl)nc3c12.O=P(Cl)(Cl)c1ccccc1. The zero-order valence-corrected chi connectivity index (χ0v) is 39.2. The van der Waals surface area contributed by atoms with Crippen LogP contribution in [0.2, 0.25) is 10.4 Å². The predicted molar refractivity (Wildman–Crippen MR) is 254 cm³/mol. The zero-order chi connectivity index (χ0) is 44.5. The number of hydrogen-bond donors (Lipinski definition) is 2. The van der Waals surface area contributed by atoms with Gasteiger partial charge in [0.2, 0.25) is 5.28 Å². The number of halogens is 4. The van der Waals surface area contributed by atoms with Gasteiger partial charge in [0.1, 0.15) is 25.9 Å². The van der Waals surface area contributed by atoms with Crippen LogP contribution < -0.4 is 26.0 Å². The van der Waals surface area contributed by atoms with E-state index in [0.29, 0.717) is 53.8 Å². The van der Waals surface area contributed by atoms with Crippen LogP contribution in [-0.2, 0) is 4.57 Å². The molecule has 62 heavy (non-hydrogen) atoms. The van der Waals surface area contributed by atoms with Crippen LogP contribution in [0.15, 0.2) is 88.5 Å². The van der Waals surface area contributed by atoms with Gasteiger partial charge in [0.15, 0.2) is 16.8 Å². The van der Waals surface area contributed by atoms with Gasteiger partial charge in [0, 0.05) is 16.4 Å². The lowest BCUT2D eigenvalue weighted by molar-refractivity contribution is 0.242. The number of H-pyrrole nitrogens is 2. The van der Waals surface area contributed by atoms with Crippen LogP contribution in [0.1, 0.15) is 39.1 Å². The number of rotatable bonds is 7. The summed E-state index contributed by atoms with van der Waals surface area (Å²) in [6.45, 7) is 11.7. The van der Waals surface area contributed by atoms with Crippen molar-refractivity contribution in [2.24, 2.45) is 0 Å². The second-order valence-electron chi connectivity index (χ2n) is 14.1. The Balaban J connectivity index is 0.000000153. The van der Waals surface area contributed by atoms with Crippen LogP contribution in [0.3, 0.4) is 0 Å². The van der Waals surface area contributed by atoms with E-state index in [-0.39, 0.29) is 17.5 Å². The van der Waals surface area contributed by atoms with Crippen molar-refractivity contribution in [1.29, 1.82) is 0 Å². The summed E-state index contributed by atoms with van der Waals surface area (Å²) in [5, 5.41) is 2.50. The summed E-state index contributed by atoms with van der Waals surface area (Å²) in [7, 11) is 0. The molecule has 318 valence electrons. The minimum Gasteiger partial charge on any atom is -0.491 e. The van der Waals surface area contributed by atoms with Gasteiger partial charge < -0.3 is 14.5 Å². The number of nitrogens with zero attached hydrogens (tertiary/aromatic N) is 6. The summed E-state index contributed by atoms with van der Waals surface area (Å²) < 4.78 is 23.5. The molecule has 9 rings (SSSR count). The summed E-state index contributed by atoms with van der Waals surface area (Å²) in [4.78, 5) is 56.9. The predicted octanol–water partition coefficient (Wildman–Crippen LogP) is 11.7. The van der Waals surface area contributed by atoms with E-state index in [1.165, 1.54) is 22.7 Å². The number of aromatic amines is 2. The molecule has 3 aromatic carbocycles. The second-order valence-corrected chi connectivity index (χ2v) is 21.6. The van der Waals surface area contributed by atoms with Crippen molar-refractivity contribution in [3.63, 3.8) is 0 Å². The van der Waals surface area contributed by atoms with E-state index >= 15 is 0 Å². The van der Waals surface area contributed by atoms with E-state index in [1.807, 2.05) is 96.1 Å². The molecular weight excluding hydrogens is 933 g/mol. The molecule has 0 spiro atoms. The zero-order valence-electron chi connectivity index (χ0n) is 33.7. The van der Waals surface area contributed by atoms with Crippen LogP contribution in [0, 0.1) is 13.8 Å². The number of nitrogens with one attached hydrogen (secondary N) is 2. The molecule has 0 radical (unpaired) electrons. The molecule has 6 aromatic heterocycles. The number of fused-ring (bicyclic) bond motifs is 6. The first kappa shape index (κ1) is 45.0. The number of ether oxygens (including phenoxy) is 2. The third-order valence-corrected chi connectivity index (χ3v) is 13.5. The fourth-order valence-corrected chi connectivity index (χ4v) is 9.98. The highest BCUT2D eigenvalue weighted by atomic mass is 35.9. The molecule has 0 saturated carbocycles. The minimum atomic E-state index is -3.07. The van der Waals surface area contributed by atoms with Crippen LogP contribution in [0.4, 0.5) is 0 Å². The van der Waals surface area contributed by atoms with E-state index in [1.54, 1.807) is 24.3 Å². The molecule has 6 heterocycles. The number of thiophene rings is 2. The van der Waals surface area contributed by atoms with Crippen LogP contribution in [-0.4, -0.2) is 52.1 Å². The van der Waals surface area contributed by atoms with E-state index in [0.717, 1.165) is 43.2 Å². The molecule has 0 fully saturated rings. The van der Waals surface area contributed by atoms with Crippen molar-refractivity contribution in [1.82, 2.24) is 39.9 Å². The van der Waals surface area contributed by atoms with Gasteiger partial charge >= 0.3 is 5.69 Å². The third-order valence-electron chi connectivity index (χ3n) is 8.72. The molecule has 20 heteroatoms. The smallest absolute Gasteiger partial charge is 0.326 e. The molecule has 0 saturated heterocycles. The molecular formula is C42H35Cl4N8O5PS2. The molecule has 0 amide bonds. The summed E-state index contributed by atoms with van der Waals surface area (Å²) in [6, 6.07) is 23.9. The first-order valence-corrected chi connectivity index (χ1v) is 24.7. The van der Waals surface area contributed by atoms with Crippen molar-refractivity contribution >= 4 is 120 Å². The maximum absolute atomic E-state index is 12.0. The van der Waals surface area contributed by atoms with Gasteiger partial charge in [-0.3, -0.25) is 14.3 Å². The standard InChI is InChI=1S/C18H14Cl2N4OS.C18H16N4O3S.C6H5Cl2OP/c1-8(2)25-11-6-4-10(5-7-11)16-21-9(3)12-13-14(26-17(12)24-16)15(19)23-18(20)22-13;1-8(2)25-11-6-4-10(5-7-11)15-19-9(3)12-13-14(26-17(12)21-15)16(23)22-18(24)20-13;7-10(8,9)6-4-2-1-3-5-6/h4-8H,1-3H3;4-8H,1-3H3,(H2,20,22,23,24);1-5H. The van der Waals surface area contributed by atoms with Crippen LogP contribution in [0.5, 0.6) is 11.5 Å². The third kappa shape index (κ3) is 10.3. The van der Waals surface area contributed by atoms with Crippen LogP contribution in [0.25, 0.3) is 63.6 Å². The molecule has 9 aromatic rings. The summed E-state index contributed by atoms with van der Waals surface area (Å²) >= 11 is 25.6. The molecule has 2 N–H and O–H groups in total. The first-order valence-electron chi connectivity index (χ1n) is 18.8. The Bertz CT molecular complexity index is 3250. The lowest BCUT2D eigenvalue weighted by Crippen LogP contribution is -2.20. The Hall–Kier alpha value is -4.99. The summed E-state index contributed by atoms with van der Waals surface area (Å²) in [6.07, 6.45) is 0.237. The Morgan fingerprint density at radius 3 is 1.63 bits per heavy atom. The van der Waals surface area contributed by atoms with Gasteiger partial charge in [-0.1, -0.05) is 29.8 Å². The van der Waals surface area contributed by atoms with Gasteiger partial charge in [-0.25, -0.2) is 34.7 Å². The molecule has 0 aliphatic rings. The largest absolute Gasteiger partial charge is 0.491 e. The maximum Gasteiger partial charge on any atom is 0.326 e. The Morgan fingerprint density at radius 2 is 1.13 bits per heavy atom. The van der Waals surface area contributed by atoms with E-state index in [9.17, 15) is 14.2 Å². The van der Waals surface area contributed by atoms with Gasteiger partial charge in [-0.05, 0) is 136 Å². The van der Waals surface area contributed by atoms with Gasteiger partial charge in [-0.2, -0.15) is 0 Å². The Morgan fingerprint density at radius 1 is 0.629 bits per heavy atom. The molecule has 0 bridgehead atoms. The summed E-state index contributed by atoms with van der Waals surface area (Å²) in [5.41, 5.74) is 3.53. The van der Waals surface area contributed by atoms with E-state index in [4.69, 9.17) is 60.1 Å². The Kier molecular flexibility index (Phi) is 13.6. The molecule has 0 aliphatic carbocycles. The molecule has 13 nitrogen and oxygen atoms in total. The average Bonchev–Trinajstić information content (AvgIpc) is 3.78. The fraction of sp³-hybridized carbons (Fsp3) is 0.190. The Labute approximate surface area is 381 Å². The fourth-order valence-electron chi connectivity index (χ4n) is 6.17. The molecule has 0 atom stereocenters. The van der Waals surface area contributed by atoms with Crippen molar-refractivity contribution < 1.29 is 14.0 Å². The lowest BCUT2D eigenvalue weighted by atomic mass is 10.2. The number of aryl methyl sites for hydroxylation is 2. The van der Waals surface area contributed by atoms with Gasteiger partial charge in [0.05, 0.1) is 50.1 Å². The number of aromatic nitrogens is 8. The normalized spacial score (nSPS) is 11.5. The molecule has 0 unspecified atom stereocenters. The number of benzene rings is 3. The summed E-state index contributed by atoms with van der Waals surface area (Å²) in [5.74, 6) is -0.257. The highest BCUT2D eigenvalue weighted by Gasteiger charge is 2.19. The topological polar surface area (TPSA) is 179 Å². The number of hydrogen-bond acceptors (Lipinski definition) is 13. The monoisotopic (exact) mass is 966 g/mol. The van der Waals surface area contributed by atoms with Crippen molar-refractivity contribution in [2.75, 3.05) is 0 Å². The second kappa shape index (κ2) is 18.8. The maximum atomic E-state index is 12.0. The van der Waals surface area contributed by atoms with Crippen molar-refractivity contribution in [3.8, 4) is 34.3 Å². The van der Waals surface area contributed by atoms with Gasteiger partial charge in [0.25, 0.3) is 11.4 Å². The van der Waals surface area contributed by atoms with E-state index in [2.05, 4.69) is 34.9 Å². The molecule has 0 aliphatic heterocycles. The highest BCUT2D eigenvalue weighted by molar-refractivity contribution is 8.13.